The predicted molar refractivity (Wildman–Crippen MR) is 80.0 cm³/mol. The zero-order valence-corrected chi connectivity index (χ0v) is 11.6. The molecule has 0 saturated carbocycles. The first-order valence-electron chi connectivity index (χ1n) is 6.71. The van der Waals surface area contributed by atoms with E-state index in [-0.39, 0.29) is 6.04 Å². The van der Waals surface area contributed by atoms with Crippen LogP contribution in [-0.2, 0) is 6.54 Å². The lowest BCUT2D eigenvalue weighted by Crippen LogP contribution is -2.12. The largest absolute Gasteiger partial charge is 0.366 e. The summed E-state index contributed by atoms with van der Waals surface area (Å²) in [6.45, 7) is 4.89. The van der Waals surface area contributed by atoms with Gasteiger partial charge < -0.3 is 11.1 Å². The number of benzene rings is 1. The second kappa shape index (κ2) is 6.34. The minimum atomic E-state index is 0.0793. The molecule has 1 aromatic carbocycles. The fourth-order valence-corrected chi connectivity index (χ4v) is 2.07. The van der Waals surface area contributed by atoms with Gasteiger partial charge in [0.1, 0.15) is 5.82 Å². The van der Waals surface area contributed by atoms with Crippen LogP contribution in [-0.4, -0.2) is 4.98 Å². The summed E-state index contributed by atoms with van der Waals surface area (Å²) in [5.74, 6) is 0.897. The van der Waals surface area contributed by atoms with Crippen molar-refractivity contribution in [2.75, 3.05) is 5.32 Å². The van der Waals surface area contributed by atoms with Crippen molar-refractivity contribution in [3.63, 3.8) is 0 Å². The second-order valence-electron chi connectivity index (χ2n) is 4.73. The van der Waals surface area contributed by atoms with Crippen molar-refractivity contribution in [3.8, 4) is 0 Å². The third-order valence-corrected chi connectivity index (χ3v) is 3.28. The number of hydrogen-bond acceptors (Lipinski definition) is 3. The summed E-state index contributed by atoms with van der Waals surface area (Å²) < 4.78 is 0. The number of rotatable bonds is 5. The Bertz CT molecular complexity index is 523. The van der Waals surface area contributed by atoms with E-state index in [1.807, 2.05) is 31.2 Å². The lowest BCUT2D eigenvalue weighted by molar-refractivity contribution is 0.689. The predicted octanol–water partition coefficient (Wildman–Crippen LogP) is 3.41. The van der Waals surface area contributed by atoms with Crippen molar-refractivity contribution >= 4 is 5.82 Å². The molecule has 1 heterocycles. The van der Waals surface area contributed by atoms with Gasteiger partial charge in [-0.15, -0.1) is 0 Å². The van der Waals surface area contributed by atoms with E-state index >= 15 is 0 Å². The number of nitrogens with two attached hydrogens (primary N) is 1. The number of nitrogens with one attached hydrogen (secondary N) is 1. The van der Waals surface area contributed by atoms with Gasteiger partial charge in [-0.3, -0.25) is 0 Å². The average molecular weight is 255 g/mol. The van der Waals surface area contributed by atoms with E-state index in [1.165, 1.54) is 5.56 Å². The number of nitrogens with zero attached hydrogens (tertiary/aromatic N) is 1. The molecule has 0 unspecified atom stereocenters. The second-order valence-corrected chi connectivity index (χ2v) is 4.73. The Balaban J connectivity index is 2.04. The van der Waals surface area contributed by atoms with E-state index in [4.69, 9.17) is 5.73 Å². The Hall–Kier alpha value is -1.87. The summed E-state index contributed by atoms with van der Waals surface area (Å²) in [6.07, 6.45) is 0.930. The SMILES string of the molecule is CC[C@H](N)c1ccc(NCc2ccccc2)nc1C. The van der Waals surface area contributed by atoms with Crippen LogP contribution in [0.5, 0.6) is 0 Å². The monoisotopic (exact) mass is 255 g/mol. The molecule has 0 bridgehead atoms. The standard InChI is InChI=1S/C16H21N3/c1-3-15(17)14-9-10-16(19-12(14)2)18-11-13-7-5-4-6-8-13/h4-10,15H,3,11,17H2,1-2H3,(H,18,19)/t15-/m0/s1. The highest BCUT2D eigenvalue weighted by molar-refractivity contribution is 5.40. The number of anilines is 1. The zero-order valence-electron chi connectivity index (χ0n) is 11.6. The van der Waals surface area contributed by atoms with E-state index in [1.54, 1.807) is 0 Å². The van der Waals surface area contributed by atoms with Crippen LogP contribution in [0.4, 0.5) is 5.82 Å². The Morgan fingerprint density at radius 2 is 1.89 bits per heavy atom. The Morgan fingerprint density at radius 1 is 1.16 bits per heavy atom. The van der Waals surface area contributed by atoms with Crippen LogP contribution in [0, 0.1) is 6.92 Å². The van der Waals surface area contributed by atoms with E-state index in [2.05, 4.69) is 35.4 Å². The fourth-order valence-electron chi connectivity index (χ4n) is 2.07. The van der Waals surface area contributed by atoms with E-state index in [0.29, 0.717) is 0 Å². The van der Waals surface area contributed by atoms with Crippen molar-refractivity contribution in [1.29, 1.82) is 0 Å². The molecule has 3 heteroatoms. The van der Waals surface area contributed by atoms with Gasteiger partial charge in [-0.05, 0) is 30.5 Å². The Morgan fingerprint density at radius 3 is 2.53 bits per heavy atom. The number of aromatic nitrogens is 1. The molecule has 0 saturated heterocycles. The van der Waals surface area contributed by atoms with Crippen molar-refractivity contribution in [2.45, 2.75) is 32.9 Å². The normalized spacial score (nSPS) is 12.2. The van der Waals surface area contributed by atoms with Crippen LogP contribution >= 0.6 is 0 Å². The molecule has 0 aliphatic rings. The molecule has 3 N–H and O–H groups in total. The van der Waals surface area contributed by atoms with E-state index in [0.717, 1.165) is 30.0 Å². The summed E-state index contributed by atoms with van der Waals surface area (Å²) in [5, 5.41) is 3.33. The van der Waals surface area contributed by atoms with Crippen LogP contribution in [0.25, 0.3) is 0 Å². The topological polar surface area (TPSA) is 50.9 Å². The molecule has 100 valence electrons. The maximum atomic E-state index is 6.05. The third kappa shape index (κ3) is 3.55. The van der Waals surface area contributed by atoms with Crippen molar-refractivity contribution in [1.82, 2.24) is 4.98 Å². The molecule has 1 atom stereocenters. The van der Waals surface area contributed by atoms with Gasteiger partial charge in [-0.2, -0.15) is 0 Å². The number of aryl methyl sites for hydroxylation is 1. The fraction of sp³-hybridized carbons (Fsp3) is 0.312. The summed E-state index contributed by atoms with van der Waals surface area (Å²) in [7, 11) is 0. The molecule has 1 aromatic heterocycles. The lowest BCUT2D eigenvalue weighted by Gasteiger charge is -2.13. The highest BCUT2D eigenvalue weighted by atomic mass is 15.0. The summed E-state index contributed by atoms with van der Waals surface area (Å²) in [5.41, 5.74) is 9.44. The quantitative estimate of drug-likeness (QED) is 0.860. The van der Waals surface area contributed by atoms with Gasteiger partial charge >= 0.3 is 0 Å². The molecule has 0 spiro atoms. The van der Waals surface area contributed by atoms with Crippen LogP contribution < -0.4 is 11.1 Å². The smallest absolute Gasteiger partial charge is 0.126 e. The zero-order chi connectivity index (χ0) is 13.7. The van der Waals surface area contributed by atoms with Crippen molar-refractivity contribution < 1.29 is 0 Å². The van der Waals surface area contributed by atoms with Gasteiger partial charge in [0.05, 0.1) is 0 Å². The van der Waals surface area contributed by atoms with Gasteiger partial charge in [0.25, 0.3) is 0 Å². The molecular formula is C16H21N3. The molecular weight excluding hydrogens is 234 g/mol. The Labute approximate surface area is 114 Å². The molecule has 19 heavy (non-hydrogen) atoms. The van der Waals surface area contributed by atoms with Crippen LogP contribution in [0.1, 0.15) is 36.2 Å². The van der Waals surface area contributed by atoms with E-state index in [9.17, 15) is 0 Å². The third-order valence-electron chi connectivity index (χ3n) is 3.28. The maximum absolute atomic E-state index is 6.05. The highest BCUT2D eigenvalue weighted by Crippen LogP contribution is 2.19. The van der Waals surface area contributed by atoms with Gasteiger partial charge in [0.15, 0.2) is 0 Å². The van der Waals surface area contributed by atoms with Crippen LogP contribution in [0.3, 0.4) is 0 Å². The lowest BCUT2D eigenvalue weighted by atomic mass is 10.0. The van der Waals surface area contributed by atoms with E-state index < -0.39 is 0 Å². The van der Waals surface area contributed by atoms with Crippen LogP contribution in [0.2, 0.25) is 0 Å². The maximum Gasteiger partial charge on any atom is 0.126 e. The summed E-state index contributed by atoms with van der Waals surface area (Å²) in [6, 6.07) is 14.5. The molecule has 3 nitrogen and oxygen atoms in total. The van der Waals surface area contributed by atoms with Gasteiger partial charge in [-0.1, -0.05) is 43.3 Å². The summed E-state index contributed by atoms with van der Waals surface area (Å²) >= 11 is 0. The van der Waals surface area contributed by atoms with Crippen molar-refractivity contribution in [3.05, 3.63) is 59.3 Å². The first kappa shape index (κ1) is 13.6. The minimum Gasteiger partial charge on any atom is -0.366 e. The molecule has 0 amide bonds. The highest BCUT2D eigenvalue weighted by Gasteiger charge is 2.08. The molecule has 0 aliphatic carbocycles. The van der Waals surface area contributed by atoms with Gasteiger partial charge in [0, 0.05) is 18.3 Å². The molecule has 2 aromatic rings. The van der Waals surface area contributed by atoms with Gasteiger partial charge in [-0.25, -0.2) is 4.98 Å². The Kier molecular flexibility index (Phi) is 4.53. The minimum absolute atomic E-state index is 0.0793. The molecule has 0 radical (unpaired) electrons. The average Bonchev–Trinajstić information content (AvgIpc) is 2.45. The number of hydrogen-bond donors (Lipinski definition) is 2. The van der Waals surface area contributed by atoms with Crippen molar-refractivity contribution in [2.24, 2.45) is 5.73 Å². The van der Waals surface area contributed by atoms with Crippen LogP contribution in [0.15, 0.2) is 42.5 Å². The van der Waals surface area contributed by atoms with Gasteiger partial charge in [0.2, 0.25) is 0 Å². The molecule has 0 aliphatic heterocycles. The number of pyridine rings is 1. The first-order valence-corrected chi connectivity index (χ1v) is 6.71. The first-order chi connectivity index (χ1) is 9.20. The molecule has 0 fully saturated rings. The summed E-state index contributed by atoms with van der Waals surface area (Å²) in [4.78, 5) is 4.57. The molecule has 2 rings (SSSR count).